The molecule has 0 radical (unpaired) electrons. The molecule has 2 unspecified atom stereocenters. The van der Waals surface area contributed by atoms with Gasteiger partial charge in [0, 0.05) is 0 Å². The molecule has 0 fully saturated rings. The summed E-state index contributed by atoms with van der Waals surface area (Å²) in [5.41, 5.74) is 0. The maximum Gasteiger partial charge on any atom is 0.308 e. The molecule has 58 valence electrons. The van der Waals surface area contributed by atoms with Crippen molar-refractivity contribution in [2.24, 2.45) is 5.92 Å². The zero-order chi connectivity index (χ0) is 8.15. The molecular formula is C7H12O3. The lowest BCUT2D eigenvalue weighted by molar-refractivity contribution is -0.144. The van der Waals surface area contributed by atoms with Crippen molar-refractivity contribution in [3.05, 3.63) is 12.7 Å². The van der Waals surface area contributed by atoms with Crippen molar-refractivity contribution in [2.45, 2.75) is 19.4 Å². The first-order valence-electron chi connectivity index (χ1n) is 3.11. The topological polar surface area (TPSA) is 57.5 Å². The van der Waals surface area contributed by atoms with Crippen LogP contribution in [-0.4, -0.2) is 22.3 Å². The molecular weight excluding hydrogens is 132 g/mol. The molecule has 3 heteroatoms. The number of aliphatic carboxylic acids is 1. The second-order valence-corrected chi connectivity index (χ2v) is 2.22. The first-order valence-corrected chi connectivity index (χ1v) is 3.11. The third-order valence-corrected chi connectivity index (χ3v) is 1.37. The number of carbonyl (C=O) groups is 1. The zero-order valence-electron chi connectivity index (χ0n) is 5.95. The Balaban J connectivity index is 3.80. The predicted molar refractivity (Wildman–Crippen MR) is 37.6 cm³/mol. The number of rotatable bonds is 4. The van der Waals surface area contributed by atoms with E-state index in [0.717, 1.165) is 0 Å². The van der Waals surface area contributed by atoms with E-state index in [1.165, 1.54) is 13.0 Å². The lowest BCUT2D eigenvalue weighted by Crippen LogP contribution is -2.24. The summed E-state index contributed by atoms with van der Waals surface area (Å²) >= 11 is 0. The van der Waals surface area contributed by atoms with Crippen LogP contribution in [0.15, 0.2) is 12.7 Å². The van der Waals surface area contributed by atoms with Gasteiger partial charge in [0.15, 0.2) is 0 Å². The standard InChI is InChI=1S/C7H12O3/c1-3-4-6(8)5(2)7(9)10/h3,5-6,8H,1,4H2,2H3,(H,9,10). The molecule has 0 saturated carbocycles. The fraction of sp³-hybridized carbons (Fsp3) is 0.571. The molecule has 3 nitrogen and oxygen atoms in total. The van der Waals surface area contributed by atoms with Crippen molar-refractivity contribution in [1.82, 2.24) is 0 Å². The summed E-state index contributed by atoms with van der Waals surface area (Å²) in [6, 6.07) is 0. The average Bonchev–Trinajstić information content (AvgIpc) is 1.87. The third kappa shape index (κ3) is 2.64. The van der Waals surface area contributed by atoms with Gasteiger partial charge in [0.1, 0.15) is 0 Å². The molecule has 0 bridgehead atoms. The SMILES string of the molecule is C=CCC(O)C(C)C(=O)O. The largest absolute Gasteiger partial charge is 0.481 e. The molecule has 0 aromatic heterocycles. The summed E-state index contributed by atoms with van der Waals surface area (Å²) in [7, 11) is 0. The van der Waals surface area contributed by atoms with Gasteiger partial charge in [-0.15, -0.1) is 6.58 Å². The van der Waals surface area contributed by atoms with Crippen molar-refractivity contribution in [3.8, 4) is 0 Å². The zero-order valence-corrected chi connectivity index (χ0v) is 5.95. The van der Waals surface area contributed by atoms with Gasteiger partial charge in [-0.3, -0.25) is 4.79 Å². The fourth-order valence-corrected chi connectivity index (χ4v) is 0.539. The Kier molecular flexibility index (Phi) is 3.72. The van der Waals surface area contributed by atoms with E-state index >= 15 is 0 Å². The summed E-state index contributed by atoms with van der Waals surface area (Å²) < 4.78 is 0. The molecule has 0 saturated heterocycles. The van der Waals surface area contributed by atoms with E-state index in [0.29, 0.717) is 6.42 Å². The summed E-state index contributed by atoms with van der Waals surface area (Å²) in [6.45, 7) is 4.86. The van der Waals surface area contributed by atoms with Crippen LogP contribution in [0.3, 0.4) is 0 Å². The van der Waals surface area contributed by atoms with Gasteiger partial charge in [0.25, 0.3) is 0 Å². The number of hydrogen-bond acceptors (Lipinski definition) is 2. The molecule has 0 aromatic carbocycles. The van der Waals surface area contributed by atoms with Gasteiger partial charge in [-0.1, -0.05) is 6.08 Å². The van der Waals surface area contributed by atoms with Gasteiger partial charge in [0.2, 0.25) is 0 Å². The number of carboxylic acid groups (broad SMARTS) is 1. The second-order valence-electron chi connectivity index (χ2n) is 2.22. The molecule has 0 amide bonds. The van der Waals surface area contributed by atoms with Crippen LogP contribution in [-0.2, 0) is 4.79 Å². The van der Waals surface area contributed by atoms with Crippen molar-refractivity contribution >= 4 is 5.97 Å². The summed E-state index contributed by atoms with van der Waals surface area (Å²) in [5.74, 6) is -1.69. The van der Waals surface area contributed by atoms with Crippen molar-refractivity contribution in [2.75, 3.05) is 0 Å². The molecule has 0 aromatic rings. The average molecular weight is 144 g/mol. The highest BCUT2D eigenvalue weighted by atomic mass is 16.4. The normalized spacial score (nSPS) is 15.8. The maximum atomic E-state index is 10.2. The quantitative estimate of drug-likeness (QED) is 0.569. The monoisotopic (exact) mass is 144 g/mol. The first kappa shape index (κ1) is 9.17. The van der Waals surface area contributed by atoms with Gasteiger partial charge < -0.3 is 10.2 Å². The molecule has 10 heavy (non-hydrogen) atoms. The van der Waals surface area contributed by atoms with Crippen molar-refractivity contribution in [3.63, 3.8) is 0 Å². The van der Waals surface area contributed by atoms with Crippen LogP contribution in [0.2, 0.25) is 0 Å². The van der Waals surface area contributed by atoms with Gasteiger partial charge in [-0.05, 0) is 13.3 Å². The smallest absolute Gasteiger partial charge is 0.308 e. The number of hydrogen-bond donors (Lipinski definition) is 2. The van der Waals surface area contributed by atoms with Crippen molar-refractivity contribution in [1.29, 1.82) is 0 Å². The van der Waals surface area contributed by atoms with Crippen LogP contribution < -0.4 is 0 Å². The molecule has 2 N–H and O–H groups in total. The van der Waals surface area contributed by atoms with Gasteiger partial charge >= 0.3 is 5.97 Å². The third-order valence-electron chi connectivity index (χ3n) is 1.37. The molecule has 0 rings (SSSR count). The van der Waals surface area contributed by atoms with E-state index in [4.69, 9.17) is 10.2 Å². The highest BCUT2D eigenvalue weighted by molar-refractivity contribution is 5.70. The first-order chi connectivity index (χ1) is 4.59. The molecule has 0 aliphatic carbocycles. The Labute approximate surface area is 60.0 Å². The number of aliphatic hydroxyl groups excluding tert-OH is 1. The van der Waals surface area contributed by atoms with Gasteiger partial charge in [-0.25, -0.2) is 0 Å². The van der Waals surface area contributed by atoms with E-state index in [-0.39, 0.29) is 0 Å². The van der Waals surface area contributed by atoms with E-state index in [2.05, 4.69) is 6.58 Å². The highest BCUT2D eigenvalue weighted by Crippen LogP contribution is 2.06. The summed E-state index contributed by atoms with van der Waals surface area (Å²) in [6.07, 6.45) is 1.02. The van der Waals surface area contributed by atoms with Crippen LogP contribution in [0.25, 0.3) is 0 Å². The van der Waals surface area contributed by atoms with Crippen LogP contribution in [0.4, 0.5) is 0 Å². The van der Waals surface area contributed by atoms with Crippen LogP contribution in [0.1, 0.15) is 13.3 Å². The highest BCUT2D eigenvalue weighted by Gasteiger charge is 2.19. The lowest BCUT2D eigenvalue weighted by Gasteiger charge is -2.11. The Morgan fingerprint density at radius 2 is 2.30 bits per heavy atom. The summed E-state index contributed by atoms with van der Waals surface area (Å²) in [4.78, 5) is 10.2. The van der Waals surface area contributed by atoms with E-state index in [1.807, 2.05) is 0 Å². The minimum Gasteiger partial charge on any atom is -0.481 e. The predicted octanol–water partition coefficient (Wildman–Crippen LogP) is 0.644. The van der Waals surface area contributed by atoms with Crippen LogP contribution >= 0.6 is 0 Å². The molecule has 0 aliphatic rings. The minimum absolute atomic E-state index is 0.327. The Morgan fingerprint density at radius 1 is 1.80 bits per heavy atom. The van der Waals surface area contributed by atoms with Gasteiger partial charge in [-0.2, -0.15) is 0 Å². The Hall–Kier alpha value is -0.830. The van der Waals surface area contributed by atoms with E-state index in [9.17, 15) is 4.79 Å². The Bertz CT molecular complexity index is 131. The van der Waals surface area contributed by atoms with E-state index in [1.54, 1.807) is 0 Å². The minimum atomic E-state index is -0.977. The number of aliphatic hydroxyl groups is 1. The van der Waals surface area contributed by atoms with E-state index < -0.39 is 18.0 Å². The summed E-state index contributed by atoms with van der Waals surface area (Å²) in [5, 5.41) is 17.4. The van der Waals surface area contributed by atoms with Gasteiger partial charge in [0.05, 0.1) is 12.0 Å². The molecule has 0 spiro atoms. The molecule has 0 aliphatic heterocycles. The Morgan fingerprint density at radius 3 is 2.60 bits per heavy atom. The fourth-order valence-electron chi connectivity index (χ4n) is 0.539. The number of carboxylic acids is 1. The molecule has 0 heterocycles. The van der Waals surface area contributed by atoms with Crippen LogP contribution in [0, 0.1) is 5.92 Å². The second kappa shape index (κ2) is 4.06. The maximum absolute atomic E-state index is 10.2. The van der Waals surface area contributed by atoms with Crippen LogP contribution in [0.5, 0.6) is 0 Å². The van der Waals surface area contributed by atoms with Crippen molar-refractivity contribution < 1.29 is 15.0 Å². The molecule has 2 atom stereocenters. The lowest BCUT2D eigenvalue weighted by atomic mass is 10.0.